The van der Waals surface area contributed by atoms with Crippen molar-refractivity contribution < 1.29 is 9.53 Å². The second kappa shape index (κ2) is 5.45. The Labute approximate surface area is 88.1 Å². The molecule has 14 heavy (non-hydrogen) atoms. The Morgan fingerprint density at radius 1 is 1.43 bits per heavy atom. The molecule has 0 amide bonds. The van der Waals surface area contributed by atoms with E-state index in [0.717, 1.165) is 0 Å². The van der Waals surface area contributed by atoms with E-state index in [9.17, 15) is 4.79 Å². The molecular formula is C11H11ClO2. The van der Waals surface area contributed by atoms with E-state index < -0.39 is 5.97 Å². The Hall–Kier alpha value is -1.28. The summed E-state index contributed by atoms with van der Waals surface area (Å²) >= 11 is 5.69. The van der Waals surface area contributed by atoms with Gasteiger partial charge in [0.25, 0.3) is 0 Å². The Bertz CT molecular complexity index is 330. The van der Waals surface area contributed by atoms with E-state index in [-0.39, 0.29) is 0 Å². The highest BCUT2D eigenvalue weighted by Gasteiger charge is 2.00. The van der Waals surface area contributed by atoms with Gasteiger partial charge in [-0.3, -0.25) is 0 Å². The molecule has 0 radical (unpaired) electrons. The van der Waals surface area contributed by atoms with E-state index in [1.807, 2.05) is 13.0 Å². The lowest BCUT2D eigenvalue weighted by Crippen LogP contribution is -2.04. The first-order valence-corrected chi connectivity index (χ1v) is 4.73. The number of para-hydroxylation sites is 1. The van der Waals surface area contributed by atoms with Crippen LogP contribution in [0.1, 0.15) is 13.3 Å². The van der Waals surface area contributed by atoms with Gasteiger partial charge in [-0.05, 0) is 18.6 Å². The summed E-state index contributed by atoms with van der Waals surface area (Å²) in [6.45, 7) is 1.87. The van der Waals surface area contributed by atoms with E-state index >= 15 is 0 Å². The number of hydrogen-bond donors (Lipinski definition) is 0. The van der Waals surface area contributed by atoms with Crippen LogP contribution in [0.25, 0.3) is 0 Å². The third kappa shape index (κ3) is 3.62. The predicted molar refractivity (Wildman–Crippen MR) is 56.3 cm³/mol. The molecule has 0 aliphatic carbocycles. The van der Waals surface area contributed by atoms with Gasteiger partial charge in [-0.1, -0.05) is 36.7 Å². The molecule has 3 heteroatoms. The number of carbonyl (C=O) groups excluding carboxylic acids is 1. The fourth-order valence-electron chi connectivity index (χ4n) is 0.864. The molecule has 0 unspecified atom stereocenters. The van der Waals surface area contributed by atoms with Gasteiger partial charge < -0.3 is 4.74 Å². The smallest absolute Gasteiger partial charge is 0.337 e. The predicted octanol–water partition coefficient (Wildman–Crippen LogP) is 3.12. The van der Waals surface area contributed by atoms with Gasteiger partial charge in [0.05, 0.1) is 0 Å². The molecule has 0 aliphatic rings. The van der Waals surface area contributed by atoms with Crippen molar-refractivity contribution >= 4 is 17.6 Å². The molecule has 74 valence electrons. The van der Waals surface area contributed by atoms with Crippen LogP contribution >= 0.6 is 11.6 Å². The van der Waals surface area contributed by atoms with Crippen molar-refractivity contribution in [3.8, 4) is 5.75 Å². The Morgan fingerprint density at radius 2 is 2.07 bits per heavy atom. The minimum atomic E-state index is -0.442. The highest BCUT2D eigenvalue weighted by molar-refractivity contribution is 6.30. The summed E-state index contributed by atoms with van der Waals surface area (Å²) in [5.41, 5.74) is 0. The van der Waals surface area contributed by atoms with Crippen LogP contribution in [-0.4, -0.2) is 5.97 Å². The van der Waals surface area contributed by atoms with Crippen LogP contribution in [0.15, 0.2) is 41.4 Å². The van der Waals surface area contributed by atoms with Crippen LogP contribution in [-0.2, 0) is 4.79 Å². The average molecular weight is 211 g/mol. The molecular weight excluding hydrogens is 200 g/mol. The van der Waals surface area contributed by atoms with Crippen LogP contribution < -0.4 is 4.74 Å². The van der Waals surface area contributed by atoms with Crippen molar-refractivity contribution in [2.75, 3.05) is 0 Å². The average Bonchev–Trinajstić information content (AvgIpc) is 2.19. The molecule has 0 bridgehead atoms. The van der Waals surface area contributed by atoms with Crippen molar-refractivity contribution in [1.82, 2.24) is 0 Å². The van der Waals surface area contributed by atoms with Crippen LogP contribution in [0.4, 0.5) is 0 Å². The molecule has 0 N–H and O–H groups in total. The zero-order valence-corrected chi connectivity index (χ0v) is 8.62. The van der Waals surface area contributed by atoms with Crippen molar-refractivity contribution in [3.63, 3.8) is 0 Å². The molecule has 0 spiro atoms. The first kappa shape index (κ1) is 10.8. The number of hydrogen-bond acceptors (Lipinski definition) is 2. The number of rotatable bonds is 3. The maximum absolute atomic E-state index is 11.2. The van der Waals surface area contributed by atoms with Crippen LogP contribution in [0.3, 0.4) is 0 Å². The lowest BCUT2D eigenvalue weighted by molar-refractivity contribution is -0.129. The number of ether oxygens (including phenoxy) is 1. The lowest BCUT2D eigenvalue weighted by Gasteiger charge is -2.00. The summed E-state index contributed by atoms with van der Waals surface area (Å²) < 4.78 is 4.99. The molecule has 2 nitrogen and oxygen atoms in total. The third-order valence-corrected chi connectivity index (χ3v) is 1.95. The van der Waals surface area contributed by atoms with Gasteiger partial charge >= 0.3 is 5.97 Å². The van der Waals surface area contributed by atoms with Gasteiger partial charge in [-0.25, -0.2) is 4.79 Å². The molecule has 0 aliphatic heterocycles. The first-order valence-electron chi connectivity index (χ1n) is 4.35. The van der Waals surface area contributed by atoms with Crippen molar-refractivity contribution in [1.29, 1.82) is 0 Å². The summed E-state index contributed by atoms with van der Waals surface area (Å²) in [6.07, 6.45) is 1.92. The fraction of sp³-hybridized carbons (Fsp3) is 0.182. The van der Waals surface area contributed by atoms with E-state index in [0.29, 0.717) is 17.2 Å². The van der Waals surface area contributed by atoms with Gasteiger partial charge in [-0.2, -0.15) is 0 Å². The Balaban J connectivity index is 2.58. The minimum Gasteiger partial charge on any atom is -0.423 e. The summed E-state index contributed by atoms with van der Waals surface area (Å²) in [6, 6.07) is 8.88. The monoisotopic (exact) mass is 210 g/mol. The topological polar surface area (TPSA) is 26.3 Å². The van der Waals surface area contributed by atoms with Gasteiger partial charge in [-0.15, -0.1) is 0 Å². The number of allylic oxidation sites excluding steroid dienone is 1. The normalized spacial score (nSPS) is 11.1. The number of esters is 1. The van der Waals surface area contributed by atoms with Gasteiger partial charge in [0.2, 0.25) is 0 Å². The third-order valence-electron chi connectivity index (χ3n) is 1.57. The molecule has 0 heterocycles. The Morgan fingerprint density at radius 3 is 2.64 bits per heavy atom. The highest BCUT2D eigenvalue weighted by Crippen LogP contribution is 2.11. The molecule has 1 aromatic rings. The molecule has 0 aromatic heterocycles. The van der Waals surface area contributed by atoms with Crippen molar-refractivity contribution in [2.45, 2.75) is 13.3 Å². The second-order valence-electron chi connectivity index (χ2n) is 2.68. The van der Waals surface area contributed by atoms with E-state index in [2.05, 4.69) is 0 Å². The lowest BCUT2D eigenvalue weighted by atomic mass is 10.3. The molecule has 1 aromatic carbocycles. The Kier molecular flexibility index (Phi) is 4.20. The summed E-state index contributed by atoms with van der Waals surface area (Å²) in [5.74, 6) is 0.0809. The SMILES string of the molecule is CCC(Cl)=CC(=O)Oc1ccccc1. The summed E-state index contributed by atoms with van der Waals surface area (Å²) in [7, 11) is 0. The van der Waals surface area contributed by atoms with E-state index in [1.165, 1.54) is 6.08 Å². The summed E-state index contributed by atoms with van der Waals surface area (Å²) in [4.78, 5) is 11.2. The maximum Gasteiger partial charge on any atom is 0.337 e. The molecule has 0 atom stereocenters. The number of benzene rings is 1. The molecule has 0 saturated heterocycles. The van der Waals surface area contributed by atoms with E-state index in [1.54, 1.807) is 24.3 Å². The molecule has 0 saturated carbocycles. The van der Waals surface area contributed by atoms with E-state index in [4.69, 9.17) is 16.3 Å². The zero-order chi connectivity index (χ0) is 10.4. The van der Waals surface area contributed by atoms with Crippen LogP contribution in [0.5, 0.6) is 5.75 Å². The molecule has 0 fully saturated rings. The van der Waals surface area contributed by atoms with Crippen molar-refractivity contribution in [3.05, 3.63) is 41.4 Å². The number of carbonyl (C=O) groups is 1. The standard InChI is InChI=1S/C11H11ClO2/c1-2-9(12)8-11(13)14-10-6-4-3-5-7-10/h3-8H,2H2,1H3. The van der Waals surface area contributed by atoms with Crippen molar-refractivity contribution in [2.24, 2.45) is 0 Å². The van der Waals surface area contributed by atoms with Gasteiger partial charge in [0.15, 0.2) is 0 Å². The maximum atomic E-state index is 11.2. The quantitative estimate of drug-likeness (QED) is 0.435. The van der Waals surface area contributed by atoms with Gasteiger partial charge in [0.1, 0.15) is 5.75 Å². The second-order valence-corrected chi connectivity index (χ2v) is 3.16. The van der Waals surface area contributed by atoms with Crippen LogP contribution in [0, 0.1) is 0 Å². The van der Waals surface area contributed by atoms with Gasteiger partial charge in [0, 0.05) is 11.1 Å². The zero-order valence-electron chi connectivity index (χ0n) is 7.87. The number of halogens is 1. The highest BCUT2D eigenvalue weighted by atomic mass is 35.5. The largest absolute Gasteiger partial charge is 0.423 e. The first-order chi connectivity index (χ1) is 6.72. The minimum absolute atomic E-state index is 0.442. The summed E-state index contributed by atoms with van der Waals surface area (Å²) in [5, 5.41) is 0.492. The molecule has 1 rings (SSSR count). The fourth-order valence-corrected chi connectivity index (χ4v) is 0.953. The van der Waals surface area contributed by atoms with Crippen LogP contribution in [0.2, 0.25) is 0 Å².